The molecule has 1 saturated carbocycles. The molecule has 2 aromatic rings. The zero-order chi connectivity index (χ0) is 23.3. The molecule has 2 amide bonds. The fraction of sp³-hybridized carbons (Fsp3) is 0.520. The average molecular weight is 443 g/mol. The fourth-order valence-electron chi connectivity index (χ4n) is 3.70. The van der Waals surface area contributed by atoms with Crippen molar-refractivity contribution in [3.8, 4) is 11.5 Å². The summed E-state index contributed by atoms with van der Waals surface area (Å²) in [6.07, 6.45) is 2.58. The van der Waals surface area contributed by atoms with Crippen LogP contribution in [-0.4, -0.2) is 55.0 Å². The van der Waals surface area contributed by atoms with Crippen LogP contribution >= 0.6 is 0 Å². The van der Waals surface area contributed by atoms with E-state index in [0.29, 0.717) is 31.0 Å². The maximum Gasteiger partial charge on any atom is 0.242 e. The van der Waals surface area contributed by atoms with Crippen molar-refractivity contribution < 1.29 is 23.5 Å². The summed E-state index contributed by atoms with van der Waals surface area (Å²) in [6, 6.07) is 9.74. The Labute approximate surface area is 190 Å². The highest BCUT2D eigenvalue weighted by molar-refractivity contribution is 5.86. The lowest BCUT2D eigenvalue weighted by molar-refractivity contribution is -0.143. The predicted octanol–water partition coefficient (Wildman–Crippen LogP) is 3.82. The molecule has 0 spiro atoms. The number of hydrogen-bond acceptors (Lipinski definition) is 5. The molecule has 0 N–H and O–H groups in total. The van der Waals surface area contributed by atoms with Gasteiger partial charge in [0.05, 0.1) is 20.8 Å². The van der Waals surface area contributed by atoms with Crippen molar-refractivity contribution in [2.75, 3.05) is 27.3 Å². The minimum Gasteiger partial charge on any atom is -0.493 e. The van der Waals surface area contributed by atoms with E-state index in [-0.39, 0.29) is 30.3 Å². The van der Waals surface area contributed by atoms with Crippen molar-refractivity contribution in [3.05, 3.63) is 47.4 Å². The number of rotatable bonds is 11. The van der Waals surface area contributed by atoms with Crippen molar-refractivity contribution in [3.63, 3.8) is 0 Å². The molecular weight excluding hydrogens is 408 g/mol. The van der Waals surface area contributed by atoms with Crippen LogP contribution in [0.2, 0.25) is 0 Å². The molecule has 1 aromatic heterocycles. The van der Waals surface area contributed by atoms with Gasteiger partial charge in [-0.05, 0) is 56.0 Å². The summed E-state index contributed by atoms with van der Waals surface area (Å²) in [5.41, 5.74) is 1.04. The molecule has 1 aromatic carbocycles. The molecule has 1 aliphatic carbocycles. The average Bonchev–Trinajstić information content (AvgIpc) is 3.54. The normalized spacial score (nSPS) is 13.2. The van der Waals surface area contributed by atoms with Crippen LogP contribution in [0.15, 0.2) is 34.7 Å². The van der Waals surface area contributed by atoms with Crippen molar-refractivity contribution in [1.82, 2.24) is 9.80 Å². The number of aryl methyl sites for hydroxylation is 1. The topological polar surface area (TPSA) is 72.2 Å². The van der Waals surface area contributed by atoms with Crippen molar-refractivity contribution >= 4 is 11.8 Å². The Morgan fingerprint density at radius 2 is 1.81 bits per heavy atom. The molecule has 1 fully saturated rings. The summed E-state index contributed by atoms with van der Waals surface area (Å²) in [4.78, 5) is 29.5. The third kappa shape index (κ3) is 6.05. The second kappa shape index (κ2) is 10.6. The van der Waals surface area contributed by atoms with E-state index in [1.165, 1.54) is 0 Å². The van der Waals surface area contributed by atoms with Crippen LogP contribution in [0, 0.1) is 12.8 Å². The van der Waals surface area contributed by atoms with Gasteiger partial charge in [0, 0.05) is 18.5 Å². The van der Waals surface area contributed by atoms with Crippen LogP contribution in [0.3, 0.4) is 0 Å². The number of hydrogen-bond donors (Lipinski definition) is 0. The zero-order valence-corrected chi connectivity index (χ0v) is 19.7. The van der Waals surface area contributed by atoms with Crippen LogP contribution in [0.5, 0.6) is 11.5 Å². The predicted molar refractivity (Wildman–Crippen MR) is 122 cm³/mol. The fourth-order valence-corrected chi connectivity index (χ4v) is 3.70. The van der Waals surface area contributed by atoms with Gasteiger partial charge in [0.15, 0.2) is 11.5 Å². The Hall–Kier alpha value is -2.96. The summed E-state index contributed by atoms with van der Waals surface area (Å²) in [6.45, 7) is 6.62. The maximum atomic E-state index is 13.3. The first-order valence-corrected chi connectivity index (χ1v) is 11.2. The number of amides is 2. The lowest BCUT2D eigenvalue weighted by Gasteiger charge is -2.28. The van der Waals surface area contributed by atoms with Gasteiger partial charge in [-0.1, -0.05) is 19.9 Å². The molecule has 0 unspecified atom stereocenters. The molecule has 0 bridgehead atoms. The van der Waals surface area contributed by atoms with Crippen LogP contribution in [0.1, 0.15) is 43.8 Å². The van der Waals surface area contributed by atoms with Gasteiger partial charge in [-0.15, -0.1) is 0 Å². The van der Waals surface area contributed by atoms with Crippen LogP contribution in [0.4, 0.5) is 0 Å². The first-order valence-electron chi connectivity index (χ1n) is 11.2. The van der Waals surface area contributed by atoms with Crippen LogP contribution < -0.4 is 9.47 Å². The van der Waals surface area contributed by atoms with E-state index in [2.05, 4.69) is 0 Å². The Kier molecular flexibility index (Phi) is 7.83. The molecule has 174 valence electrons. The molecular formula is C25H34N2O5. The number of nitrogens with zero attached hydrogens (tertiary/aromatic N) is 2. The Morgan fingerprint density at radius 1 is 1.09 bits per heavy atom. The quantitative estimate of drug-likeness (QED) is 0.529. The van der Waals surface area contributed by atoms with E-state index in [0.717, 1.165) is 29.9 Å². The number of benzene rings is 1. The van der Waals surface area contributed by atoms with Gasteiger partial charge in [-0.25, -0.2) is 0 Å². The van der Waals surface area contributed by atoms with E-state index < -0.39 is 0 Å². The van der Waals surface area contributed by atoms with Gasteiger partial charge in [-0.2, -0.15) is 0 Å². The molecule has 32 heavy (non-hydrogen) atoms. The van der Waals surface area contributed by atoms with Crippen molar-refractivity contribution in [2.24, 2.45) is 5.92 Å². The summed E-state index contributed by atoms with van der Waals surface area (Å²) in [5.74, 6) is 2.71. The molecule has 3 rings (SSSR count). The second-order valence-electron chi connectivity index (χ2n) is 8.62. The van der Waals surface area contributed by atoms with Gasteiger partial charge >= 0.3 is 0 Å². The molecule has 0 saturated heterocycles. The standard InChI is InChI=1S/C25H34N2O5/c1-17(2)25(29)27(20-8-9-20)16-24(28)26(15-21-10-6-18(3)32-21)13-12-19-7-11-22(30-4)23(14-19)31-5/h6-7,10-11,14,17,20H,8-9,12-13,15-16H2,1-5H3. The first kappa shape index (κ1) is 23.7. The van der Waals surface area contributed by atoms with Gasteiger partial charge in [0.1, 0.15) is 18.1 Å². The second-order valence-corrected chi connectivity index (χ2v) is 8.62. The summed E-state index contributed by atoms with van der Waals surface area (Å²) >= 11 is 0. The van der Waals surface area contributed by atoms with Gasteiger partial charge in [-0.3, -0.25) is 9.59 Å². The van der Waals surface area contributed by atoms with Gasteiger partial charge < -0.3 is 23.7 Å². The Bertz CT molecular complexity index is 932. The van der Waals surface area contributed by atoms with Crippen LogP contribution in [0.25, 0.3) is 0 Å². The molecule has 1 aliphatic rings. The highest BCUT2D eigenvalue weighted by atomic mass is 16.5. The van der Waals surface area contributed by atoms with E-state index >= 15 is 0 Å². The van der Waals surface area contributed by atoms with Gasteiger partial charge in [0.2, 0.25) is 11.8 Å². The third-order valence-electron chi connectivity index (χ3n) is 5.68. The van der Waals surface area contributed by atoms with E-state index in [1.54, 1.807) is 24.0 Å². The Morgan fingerprint density at radius 3 is 2.38 bits per heavy atom. The van der Waals surface area contributed by atoms with E-state index in [1.807, 2.05) is 51.1 Å². The number of carbonyl (C=O) groups is 2. The largest absolute Gasteiger partial charge is 0.493 e. The number of methoxy groups -OCH3 is 2. The Balaban J connectivity index is 1.74. The minimum atomic E-state index is -0.128. The third-order valence-corrected chi connectivity index (χ3v) is 5.68. The van der Waals surface area contributed by atoms with Crippen LogP contribution in [-0.2, 0) is 22.6 Å². The lowest BCUT2D eigenvalue weighted by Crippen LogP contribution is -2.45. The highest BCUT2D eigenvalue weighted by Crippen LogP contribution is 2.29. The summed E-state index contributed by atoms with van der Waals surface area (Å²) in [5, 5.41) is 0. The van der Waals surface area contributed by atoms with Crippen molar-refractivity contribution in [1.29, 1.82) is 0 Å². The first-order chi connectivity index (χ1) is 15.3. The minimum absolute atomic E-state index is 0.0366. The highest BCUT2D eigenvalue weighted by Gasteiger charge is 2.35. The molecule has 7 nitrogen and oxygen atoms in total. The summed E-state index contributed by atoms with van der Waals surface area (Å²) in [7, 11) is 3.21. The molecule has 0 radical (unpaired) electrons. The molecule has 7 heteroatoms. The number of ether oxygens (including phenoxy) is 2. The molecule has 1 heterocycles. The monoisotopic (exact) mass is 442 g/mol. The zero-order valence-electron chi connectivity index (χ0n) is 19.7. The summed E-state index contributed by atoms with van der Waals surface area (Å²) < 4.78 is 16.4. The number of carbonyl (C=O) groups excluding carboxylic acids is 2. The van der Waals surface area contributed by atoms with Gasteiger partial charge in [0.25, 0.3) is 0 Å². The molecule has 0 atom stereocenters. The SMILES string of the molecule is COc1ccc(CCN(Cc2ccc(C)o2)C(=O)CN(C(=O)C(C)C)C2CC2)cc1OC. The number of furan rings is 1. The lowest BCUT2D eigenvalue weighted by atomic mass is 10.1. The maximum absolute atomic E-state index is 13.3. The smallest absolute Gasteiger partial charge is 0.242 e. The van der Waals surface area contributed by atoms with E-state index in [4.69, 9.17) is 13.9 Å². The molecule has 0 aliphatic heterocycles. The van der Waals surface area contributed by atoms with E-state index in [9.17, 15) is 9.59 Å². The van der Waals surface area contributed by atoms with Crippen molar-refractivity contribution in [2.45, 2.75) is 52.6 Å².